The van der Waals surface area contributed by atoms with Crippen LogP contribution >= 0.6 is 0 Å². The molecule has 6 nitrogen and oxygen atoms in total. The Kier molecular flexibility index (Phi) is 6.95. The Morgan fingerprint density at radius 2 is 2.14 bits per heavy atom. The molecule has 0 heterocycles. The van der Waals surface area contributed by atoms with Gasteiger partial charge in [-0.15, -0.1) is 12.3 Å². The second kappa shape index (κ2) is 8.74. The van der Waals surface area contributed by atoms with Crippen molar-refractivity contribution in [3.63, 3.8) is 0 Å². The van der Waals surface area contributed by atoms with Crippen LogP contribution in [0.15, 0.2) is 24.3 Å². The number of terminal acetylenes is 1. The van der Waals surface area contributed by atoms with Crippen LogP contribution in [0.5, 0.6) is 0 Å². The molecule has 0 saturated heterocycles. The maximum Gasteiger partial charge on any atom is 0.253 e. The molecule has 0 spiro atoms. The van der Waals surface area contributed by atoms with Crippen molar-refractivity contribution in [1.82, 2.24) is 5.32 Å². The van der Waals surface area contributed by atoms with E-state index < -0.39 is 11.9 Å². The molecule has 0 fully saturated rings. The Morgan fingerprint density at radius 1 is 1.43 bits per heavy atom. The van der Waals surface area contributed by atoms with Gasteiger partial charge in [0.25, 0.3) is 5.91 Å². The number of rotatable bonds is 7. The van der Waals surface area contributed by atoms with Crippen molar-refractivity contribution in [2.45, 2.75) is 12.5 Å². The standard InChI is InChI=1S/C15H19N3O3/c1-3-6-12(16)15(20)18-13-8-5-4-7-11(13)14(19)17-9-10-21-2/h1,4-5,7-8,12H,6,9-10,16H2,2H3,(H,17,19)(H,18,20). The van der Waals surface area contributed by atoms with E-state index in [0.29, 0.717) is 24.4 Å². The van der Waals surface area contributed by atoms with Crippen LogP contribution in [0.4, 0.5) is 5.69 Å². The Bertz CT molecular complexity index is 537. The van der Waals surface area contributed by atoms with Crippen molar-refractivity contribution < 1.29 is 14.3 Å². The van der Waals surface area contributed by atoms with Gasteiger partial charge in [-0.3, -0.25) is 9.59 Å². The van der Waals surface area contributed by atoms with Crippen molar-refractivity contribution in [1.29, 1.82) is 0 Å². The van der Waals surface area contributed by atoms with Crippen LogP contribution in [0.1, 0.15) is 16.8 Å². The molecule has 1 aromatic carbocycles. The SMILES string of the molecule is C#CCC(N)C(=O)Nc1ccccc1C(=O)NCCOC. The smallest absolute Gasteiger partial charge is 0.253 e. The van der Waals surface area contributed by atoms with Crippen LogP contribution in [-0.4, -0.2) is 38.1 Å². The van der Waals surface area contributed by atoms with E-state index in [2.05, 4.69) is 16.6 Å². The van der Waals surface area contributed by atoms with Crippen LogP contribution in [0.2, 0.25) is 0 Å². The van der Waals surface area contributed by atoms with E-state index in [9.17, 15) is 9.59 Å². The molecule has 0 aliphatic carbocycles. The second-order valence-electron chi connectivity index (χ2n) is 4.30. The molecule has 1 rings (SSSR count). The van der Waals surface area contributed by atoms with Gasteiger partial charge in [-0.25, -0.2) is 0 Å². The van der Waals surface area contributed by atoms with Gasteiger partial charge in [0.15, 0.2) is 0 Å². The number of carbonyl (C=O) groups excluding carboxylic acids is 2. The minimum Gasteiger partial charge on any atom is -0.383 e. The first-order valence-corrected chi connectivity index (χ1v) is 6.46. The van der Waals surface area contributed by atoms with Crippen LogP contribution < -0.4 is 16.4 Å². The molecule has 1 atom stereocenters. The highest BCUT2D eigenvalue weighted by Gasteiger charge is 2.16. The summed E-state index contributed by atoms with van der Waals surface area (Å²) in [5.74, 6) is 1.60. The number of methoxy groups -OCH3 is 1. The van der Waals surface area contributed by atoms with E-state index >= 15 is 0 Å². The summed E-state index contributed by atoms with van der Waals surface area (Å²) in [6.07, 6.45) is 5.25. The zero-order chi connectivity index (χ0) is 15.7. The summed E-state index contributed by atoms with van der Waals surface area (Å²) < 4.78 is 4.86. The first-order valence-electron chi connectivity index (χ1n) is 6.46. The second-order valence-corrected chi connectivity index (χ2v) is 4.30. The summed E-state index contributed by atoms with van der Waals surface area (Å²) in [6, 6.07) is 5.87. The van der Waals surface area contributed by atoms with Gasteiger partial charge in [-0.1, -0.05) is 12.1 Å². The van der Waals surface area contributed by atoms with E-state index in [-0.39, 0.29) is 12.3 Å². The van der Waals surface area contributed by atoms with Gasteiger partial charge in [-0.2, -0.15) is 0 Å². The fourth-order valence-electron chi connectivity index (χ4n) is 1.60. The highest BCUT2D eigenvalue weighted by molar-refractivity contribution is 6.04. The Balaban J connectivity index is 2.77. The minimum atomic E-state index is -0.806. The predicted octanol–water partition coefficient (Wildman–Crippen LogP) is 0.352. The monoisotopic (exact) mass is 289 g/mol. The maximum atomic E-state index is 12.0. The molecule has 1 unspecified atom stereocenters. The molecule has 2 amide bonds. The summed E-state index contributed by atoms with van der Waals surface area (Å²) >= 11 is 0. The lowest BCUT2D eigenvalue weighted by atomic mass is 10.1. The lowest BCUT2D eigenvalue weighted by Crippen LogP contribution is -2.36. The fraction of sp³-hybridized carbons (Fsp3) is 0.333. The topological polar surface area (TPSA) is 93.5 Å². The third-order valence-electron chi connectivity index (χ3n) is 2.70. The summed E-state index contributed by atoms with van der Waals surface area (Å²) in [5, 5.41) is 5.30. The molecule has 6 heteroatoms. The van der Waals surface area contributed by atoms with Gasteiger partial charge >= 0.3 is 0 Å². The van der Waals surface area contributed by atoms with E-state index in [1.54, 1.807) is 31.4 Å². The van der Waals surface area contributed by atoms with Gasteiger partial charge in [-0.05, 0) is 12.1 Å². The van der Waals surface area contributed by atoms with Crippen LogP contribution in [-0.2, 0) is 9.53 Å². The van der Waals surface area contributed by atoms with Crippen molar-refractivity contribution in [3.8, 4) is 12.3 Å². The number of para-hydroxylation sites is 1. The highest BCUT2D eigenvalue weighted by Crippen LogP contribution is 2.15. The molecule has 0 aliphatic heterocycles. The third kappa shape index (κ3) is 5.26. The number of amides is 2. The van der Waals surface area contributed by atoms with Crippen LogP contribution in [0.3, 0.4) is 0 Å². The molecule has 0 saturated carbocycles. The molecule has 0 aromatic heterocycles. The van der Waals surface area contributed by atoms with E-state index in [1.807, 2.05) is 0 Å². The normalized spacial score (nSPS) is 11.3. The summed E-state index contributed by atoms with van der Waals surface area (Å²) in [6.45, 7) is 0.793. The average Bonchev–Trinajstić information content (AvgIpc) is 2.48. The zero-order valence-corrected chi connectivity index (χ0v) is 11.9. The van der Waals surface area contributed by atoms with E-state index in [1.165, 1.54) is 0 Å². The zero-order valence-electron chi connectivity index (χ0n) is 11.9. The van der Waals surface area contributed by atoms with Crippen LogP contribution in [0.25, 0.3) is 0 Å². The lowest BCUT2D eigenvalue weighted by Gasteiger charge is -2.13. The first kappa shape index (κ1) is 16.7. The molecular formula is C15H19N3O3. The molecule has 21 heavy (non-hydrogen) atoms. The van der Waals surface area contributed by atoms with Gasteiger partial charge in [0.1, 0.15) is 0 Å². The van der Waals surface area contributed by atoms with Gasteiger partial charge in [0.2, 0.25) is 5.91 Å². The lowest BCUT2D eigenvalue weighted by molar-refractivity contribution is -0.117. The molecule has 0 radical (unpaired) electrons. The molecule has 0 bridgehead atoms. The maximum absolute atomic E-state index is 12.0. The Morgan fingerprint density at radius 3 is 2.81 bits per heavy atom. The number of nitrogens with one attached hydrogen (secondary N) is 2. The van der Waals surface area contributed by atoms with Crippen molar-refractivity contribution in [3.05, 3.63) is 29.8 Å². The molecule has 0 aliphatic rings. The number of ether oxygens (including phenoxy) is 1. The number of anilines is 1. The van der Waals surface area contributed by atoms with E-state index in [4.69, 9.17) is 16.9 Å². The van der Waals surface area contributed by atoms with Crippen LogP contribution in [0, 0.1) is 12.3 Å². The molecule has 4 N–H and O–H groups in total. The van der Waals surface area contributed by atoms with Crippen molar-refractivity contribution in [2.75, 3.05) is 25.6 Å². The first-order chi connectivity index (χ1) is 10.1. The Labute approximate surface area is 124 Å². The minimum absolute atomic E-state index is 0.133. The quantitative estimate of drug-likeness (QED) is 0.499. The molecule has 112 valence electrons. The summed E-state index contributed by atoms with van der Waals surface area (Å²) in [4.78, 5) is 23.9. The number of hydrogen-bond acceptors (Lipinski definition) is 4. The summed E-state index contributed by atoms with van der Waals surface area (Å²) in [7, 11) is 1.55. The summed E-state index contributed by atoms with van der Waals surface area (Å²) in [5.41, 5.74) is 6.38. The number of nitrogens with two attached hydrogens (primary N) is 1. The number of benzene rings is 1. The fourth-order valence-corrected chi connectivity index (χ4v) is 1.60. The average molecular weight is 289 g/mol. The van der Waals surface area contributed by atoms with Gasteiger partial charge in [0, 0.05) is 20.1 Å². The van der Waals surface area contributed by atoms with Crippen molar-refractivity contribution >= 4 is 17.5 Å². The third-order valence-corrected chi connectivity index (χ3v) is 2.70. The highest BCUT2D eigenvalue weighted by atomic mass is 16.5. The molecule has 1 aromatic rings. The molecular weight excluding hydrogens is 270 g/mol. The van der Waals surface area contributed by atoms with Crippen molar-refractivity contribution in [2.24, 2.45) is 5.73 Å². The van der Waals surface area contributed by atoms with E-state index in [0.717, 1.165) is 0 Å². The van der Waals surface area contributed by atoms with Gasteiger partial charge in [0.05, 0.1) is 23.9 Å². The Hall–Kier alpha value is -2.36. The largest absolute Gasteiger partial charge is 0.383 e. The predicted molar refractivity (Wildman–Crippen MR) is 80.7 cm³/mol. The number of carbonyl (C=O) groups is 2. The van der Waals surface area contributed by atoms with Gasteiger partial charge < -0.3 is 21.1 Å². The number of hydrogen-bond donors (Lipinski definition) is 3.